The van der Waals surface area contributed by atoms with E-state index in [9.17, 15) is 8.42 Å². The van der Waals surface area contributed by atoms with Gasteiger partial charge in [0.2, 0.25) is 0 Å². The molecule has 0 unspecified atom stereocenters. The van der Waals surface area contributed by atoms with Crippen molar-refractivity contribution in [1.29, 1.82) is 0 Å². The number of rotatable bonds is 16. The molecule has 0 radical (unpaired) electrons. The fourth-order valence-corrected chi connectivity index (χ4v) is 5.04. The highest BCUT2D eigenvalue weighted by atomic mass is 79.9. The lowest BCUT2D eigenvalue weighted by Gasteiger charge is -2.39. The Hall–Kier alpha value is 0.740. The first-order valence-electron chi connectivity index (χ1n) is 9.58. The Balaban J connectivity index is 0. The Morgan fingerprint density at radius 3 is 1.38 bits per heavy atom. The zero-order chi connectivity index (χ0) is 17.6. The molecule has 24 heavy (non-hydrogen) atoms. The van der Waals surface area contributed by atoms with Gasteiger partial charge in [0.15, 0.2) is 8.87 Å². The summed E-state index contributed by atoms with van der Waals surface area (Å²) in [5.41, 5.74) is 0. The molecule has 148 valence electrons. The number of unbranched alkanes of at least 4 members (excludes halogenated alkanes) is 6. The van der Waals surface area contributed by atoms with E-state index in [0.29, 0.717) is 0 Å². The van der Waals surface area contributed by atoms with Crippen LogP contribution in [0.15, 0.2) is 0 Å². The summed E-state index contributed by atoms with van der Waals surface area (Å²) in [6.45, 7) is 11.4. The van der Waals surface area contributed by atoms with Gasteiger partial charge in [-0.15, -0.1) is 0 Å². The minimum atomic E-state index is -2.92. The molecule has 0 rings (SSSR count). The molecule has 0 aromatic carbocycles. The summed E-state index contributed by atoms with van der Waals surface area (Å²) in [5.74, 6) is 0.739. The molecule has 0 spiro atoms. The summed E-state index contributed by atoms with van der Waals surface area (Å²) >= 11 is 0. The molecule has 6 heteroatoms. The van der Waals surface area contributed by atoms with Crippen LogP contribution >= 0.6 is 10.8 Å². The Morgan fingerprint density at radius 1 is 0.708 bits per heavy atom. The average Bonchev–Trinajstić information content (AvgIpc) is 2.47. The predicted octanol–water partition coefficient (Wildman–Crippen LogP) is 2.07. The smallest absolute Gasteiger partial charge is 0.198 e. The molecule has 0 heterocycles. The van der Waals surface area contributed by atoms with Crippen LogP contribution in [-0.2, 0) is 8.87 Å². The van der Waals surface area contributed by atoms with E-state index in [-0.39, 0.29) is 17.0 Å². The minimum absolute atomic E-state index is 0. The Bertz CT molecular complexity index is 349. The Kier molecular flexibility index (Phi) is 17.9. The lowest BCUT2D eigenvalue weighted by atomic mass is 10.1. The maximum atomic E-state index is 11.5. The third kappa shape index (κ3) is 15.0. The van der Waals surface area contributed by atoms with Crippen LogP contribution in [0.5, 0.6) is 0 Å². The van der Waals surface area contributed by atoms with E-state index in [1.165, 1.54) is 83.7 Å². The zero-order valence-corrected chi connectivity index (χ0v) is 19.6. The van der Waals surface area contributed by atoms with Gasteiger partial charge in [0.25, 0.3) is 0 Å². The van der Waals surface area contributed by atoms with Crippen molar-refractivity contribution in [3.05, 3.63) is 0 Å². The standard InChI is InChI=1S/C18H40NO2S2.BrH/c1-5-8-11-14-19(15-12-9-6-2,16-13-10-7-3)17-18-22-23(4,20)21;/h5-18H2,1-4H3;1H/q+1;/p-1. The van der Waals surface area contributed by atoms with Gasteiger partial charge in [0.1, 0.15) is 0 Å². The third-order valence-corrected chi connectivity index (χ3v) is 7.13. The number of quaternary nitrogens is 1. The van der Waals surface area contributed by atoms with Crippen LogP contribution in [-0.4, -0.2) is 51.1 Å². The van der Waals surface area contributed by atoms with Gasteiger partial charge in [0, 0.05) is 6.26 Å². The van der Waals surface area contributed by atoms with Crippen molar-refractivity contribution >= 4 is 19.7 Å². The molecule has 0 aliphatic rings. The van der Waals surface area contributed by atoms with E-state index < -0.39 is 8.87 Å². The summed E-state index contributed by atoms with van der Waals surface area (Å²) in [6.07, 6.45) is 12.8. The summed E-state index contributed by atoms with van der Waals surface area (Å²) < 4.78 is 24.0. The van der Waals surface area contributed by atoms with Crippen molar-refractivity contribution in [2.75, 3.05) is 38.2 Å². The second kappa shape index (κ2) is 16.0. The lowest BCUT2D eigenvalue weighted by Crippen LogP contribution is -3.00. The predicted molar refractivity (Wildman–Crippen MR) is 106 cm³/mol. The molecule has 0 aliphatic heterocycles. The second-order valence-electron chi connectivity index (χ2n) is 6.88. The molecular weight excluding hydrogens is 406 g/mol. The first-order valence-corrected chi connectivity index (χ1v) is 13.0. The molecule has 0 saturated heterocycles. The van der Waals surface area contributed by atoms with E-state index in [1.807, 2.05) is 0 Å². The highest BCUT2D eigenvalue weighted by Crippen LogP contribution is 2.19. The summed E-state index contributed by atoms with van der Waals surface area (Å²) in [4.78, 5) is 0. The van der Waals surface area contributed by atoms with Crippen LogP contribution in [0.4, 0.5) is 0 Å². The van der Waals surface area contributed by atoms with Crippen LogP contribution in [0.2, 0.25) is 0 Å². The van der Waals surface area contributed by atoms with Crippen molar-refractivity contribution in [1.82, 2.24) is 0 Å². The van der Waals surface area contributed by atoms with Crippen molar-refractivity contribution in [3.63, 3.8) is 0 Å². The van der Waals surface area contributed by atoms with Crippen LogP contribution in [0.1, 0.15) is 78.6 Å². The van der Waals surface area contributed by atoms with Gasteiger partial charge in [-0.1, -0.05) is 40.0 Å². The molecule has 0 saturated carbocycles. The lowest BCUT2D eigenvalue weighted by molar-refractivity contribution is -0.926. The fraction of sp³-hybridized carbons (Fsp3) is 1.00. The summed E-state index contributed by atoms with van der Waals surface area (Å²) in [7, 11) is -1.78. The van der Waals surface area contributed by atoms with Crippen LogP contribution in [0.3, 0.4) is 0 Å². The highest BCUT2D eigenvalue weighted by molar-refractivity contribution is 8.71. The average molecular weight is 447 g/mol. The highest BCUT2D eigenvalue weighted by Gasteiger charge is 2.26. The largest absolute Gasteiger partial charge is 1.00 e. The second-order valence-corrected chi connectivity index (χ2v) is 11.5. The van der Waals surface area contributed by atoms with E-state index >= 15 is 0 Å². The topological polar surface area (TPSA) is 34.1 Å². The van der Waals surface area contributed by atoms with Gasteiger partial charge in [-0.2, -0.15) is 0 Å². The maximum absolute atomic E-state index is 11.5. The minimum Gasteiger partial charge on any atom is -1.00 e. The molecule has 0 amide bonds. The summed E-state index contributed by atoms with van der Waals surface area (Å²) in [6, 6.07) is 0. The zero-order valence-electron chi connectivity index (χ0n) is 16.4. The molecule has 0 aromatic rings. The number of halogens is 1. The molecule has 0 aromatic heterocycles. The van der Waals surface area contributed by atoms with Crippen LogP contribution in [0.25, 0.3) is 0 Å². The SMILES string of the molecule is CCCCC[N+](CCCCC)(CCCCC)CCSS(C)(=O)=O.[Br-]. The van der Waals surface area contributed by atoms with Crippen molar-refractivity contribution in [2.24, 2.45) is 0 Å². The summed E-state index contributed by atoms with van der Waals surface area (Å²) in [5, 5.41) is 0. The van der Waals surface area contributed by atoms with Crippen LogP contribution in [0, 0.1) is 0 Å². The Morgan fingerprint density at radius 2 is 1.08 bits per heavy atom. The first kappa shape index (κ1) is 27.0. The molecular formula is C18H40BrNO2S2. The molecule has 0 bridgehead atoms. The molecule has 0 fully saturated rings. The van der Waals surface area contributed by atoms with Gasteiger partial charge in [-0.25, -0.2) is 8.42 Å². The number of hydrogen-bond donors (Lipinski definition) is 0. The van der Waals surface area contributed by atoms with Crippen molar-refractivity contribution < 1.29 is 29.9 Å². The molecule has 0 aliphatic carbocycles. The van der Waals surface area contributed by atoms with Crippen LogP contribution < -0.4 is 17.0 Å². The van der Waals surface area contributed by atoms with Gasteiger partial charge in [-0.3, -0.25) is 0 Å². The maximum Gasteiger partial charge on any atom is 0.198 e. The third-order valence-electron chi connectivity index (χ3n) is 4.57. The molecule has 0 atom stereocenters. The van der Waals surface area contributed by atoms with Gasteiger partial charge in [-0.05, 0) is 49.3 Å². The van der Waals surface area contributed by atoms with Gasteiger partial charge < -0.3 is 21.5 Å². The van der Waals surface area contributed by atoms with E-state index in [2.05, 4.69) is 20.8 Å². The first-order chi connectivity index (χ1) is 10.9. The molecule has 3 nitrogen and oxygen atoms in total. The van der Waals surface area contributed by atoms with Crippen molar-refractivity contribution in [3.8, 4) is 0 Å². The van der Waals surface area contributed by atoms with E-state index in [1.54, 1.807) is 0 Å². The van der Waals surface area contributed by atoms with Crippen molar-refractivity contribution in [2.45, 2.75) is 78.6 Å². The van der Waals surface area contributed by atoms with E-state index in [4.69, 9.17) is 0 Å². The Labute approximate surface area is 166 Å². The fourth-order valence-electron chi connectivity index (χ4n) is 3.14. The van der Waals surface area contributed by atoms with Gasteiger partial charge >= 0.3 is 0 Å². The number of nitrogens with zero attached hydrogens (tertiary/aromatic N) is 1. The quantitative estimate of drug-likeness (QED) is 0.207. The number of hydrogen-bond acceptors (Lipinski definition) is 3. The van der Waals surface area contributed by atoms with E-state index in [0.717, 1.165) is 27.6 Å². The monoisotopic (exact) mass is 445 g/mol. The van der Waals surface area contributed by atoms with Gasteiger partial charge in [0.05, 0.1) is 31.9 Å². The molecule has 0 N–H and O–H groups in total. The normalized spacial score (nSPS) is 12.2.